The van der Waals surface area contributed by atoms with E-state index >= 15 is 0 Å². The van der Waals surface area contributed by atoms with Crippen LogP contribution in [0.4, 0.5) is 17.6 Å². The maximum absolute atomic E-state index is 13.3. The molecule has 0 radical (unpaired) electrons. The van der Waals surface area contributed by atoms with E-state index in [4.69, 9.17) is 16.2 Å². The van der Waals surface area contributed by atoms with E-state index in [1.54, 1.807) is 24.4 Å². The highest BCUT2D eigenvalue weighted by Crippen LogP contribution is 2.40. The lowest BCUT2D eigenvalue weighted by atomic mass is 10.0. The molecule has 2 heterocycles. The van der Waals surface area contributed by atoms with E-state index in [1.165, 1.54) is 24.8 Å². The lowest BCUT2D eigenvalue weighted by Crippen LogP contribution is -2.05. The first-order valence-electron chi connectivity index (χ1n) is 13.0. The fourth-order valence-electron chi connectivity index (χ4n) is 4.75. The summed E-state index contributed by atoms with van der Waals surface area (Å²) in [5.74, 6) is 0.649. The Kier molecular flexibility index (Phi) is 7.61. The third-order valence-electron chi connectivity index (χ3n) is 7.33. The second kappa shape index (κ2) is 11.0. The Hall–Kier alpha value is -3.82. The zero-order valence-electron chi connectivity index (χ0n) is 22.1. The summed E-state index contributed by atoms with van der Waals surface area (Å²) in [6, 6.07) is 16.4. The van der Waals surface area contributed by atoms with Crippen LogP contribution in [0.1, 0.15) is 46.9 Å². The monoisotopic (exact) mass is 550 g/mol. The predicted octanol–water partition coefficient (Wildman–Crippen LogP) is 6.60. The smallest absolute Gasteiger partial charge is 0.416 e. The summed E-state index contributed by atoms with van der Waals surface area (Å²) in [4.78, 5) is 8.76. The highest BCUT2D eigenvalue weighted by Gasteiger charge is 2.36. The van der Waals surface area contributed by atoms with E-state index in [1.807, 2.05) is 31.3 Å². The molecule has 0 saturated heterocycles. The molecule has 0 unspecified atom stereocenters. The van der Waals surface area contributed by atoms with Crippen LogP contribution >= 0.6 is 0 Å². The number of halogens is 4. The summed E-state index contributed by atoms with van der Waals surface area (Å²) >= 11 is 0. The van der Waals surface area contributed by atoms with Crippen LogP contribution in [0, 0.1) is 12.7 Å². The lowest BCUT2D eigenvalue weighted by molar-refractivity contribution is -0.137. The van der Waals surface area contributed by atoms with Gasteiger partial charge in [-0.3, -0.25) is 9.97 Å². The first-order chi connectivity index (χ1) is 19.0. The van der Waals surface area contributed by atoms with E-state index in [0.29, 0.717) is 23.1 Å². The summed E-state index contributed by atoms with van der Waals surface area (Å²) < 4.78 is 56.6. The van der Waals surface area contributed by atoms with Crippen molar-refractivity contribution in [2.24, 2.45) is 11.5 Å². The molecular formula is C31H30F4N4O. The second-order valence-corrected chi connectivity index (χ2v) is 10.4. The number of pyridine rings is 2. The Labute approximate surface area is 230 Å². The molecule has 208 valence electrons. The molecule has 0 bridgehead atoms. The Balaban J connectivity index is 0.000000162. The van der Waals surface area contributed by atoms with Gasteiger partial charge in [-0.2, -0.15) is 13.2 Å². The molecule has 4 atom stereocenters. The van der Waals surface area contributed by atoms with Crippen molar-refractivity contribution < 1.29 is 22.3 Å². The maximum Gasteiger partial charge on any atom is 0.416 e. The minimum absolute atomic E-state index is 0.186. The second-order valence-electron chi connectivity index (χ2n) is 10.4. The number of alkyl halides is 3. The fraction of sp³-hybridized carbons (Fsp3) is 0.290. The zero-order valence-corrected chi connectivity index (χ0v) is 22.1. The molecule has 4 aromatic rings. The third-order valence-corrected chi connectivity index (χ3v) is 7.33. The van der Waals surface area contributed by atoms with Crippen LogP contribution in [0.5, 0.6) is 5.75 Å². The quantitative estimate of drug-likeness (QED) is 0.274. The lowest BCUT2D eigenvalue weighted by Gasteiger charge is -2.11. The molecular weight excluding hydrogens is 520 g/mol. The standard InChI is InChI=1S/C16H15F3N2.C15H15FN2O/c1-9-5-11(13-7-14(13)20)8-21-15(9)10-3-2-4-12(6-10)16(17,18)19;1-19-15-6-9(2-4-12(15)16)14-5-3-10(8-18-14)11-7-13(11)17/h2-6,8,13-14H,7,20H2,1H3;2-6,8,11,13H,7,17H2,1H3/t13-,14+;11-,13+/m00/s1. The van der Waals surface area contributed by atoms with Gasteiger partial charge in [0, 0.05) is 47.4 Å². The average Bonchev–Trinajstić information content (AvgIpc) is 3.86. The molecule has 2 aromatic carbocycles. The highest BCUT2D eigenvalue weighted by atomic mass is 19.4. The number of hydrogen-bond donors (Lipinski definition) is 2. The number of methoxy groups -OCH3 is 1. The minimum Gasteiger partial charge on any atom is -0.494 e. The van der Waals surface area contributed by atoms with E-state index < -0.39 is 11.7 Å². The third kappa shape index (κ3) is 6.16. The van der Waals surface area contributed by atoms with E-state index in [0.717, 1.165) is 47.4 Å². The molecule has 0 spiro atoms. The van der Waals surface area contributed by atoms with Gasteiger partial charge in [0.25, 0.3) is 0 Å². The number of aryl methyl sites for hydroxylation is 1. The molecule has 40 heavy (non-hydrogen) atoms. The van der Waals surface area contributed by atoms with Gasteiger partial charge in [-0.05, 0) is 72.9 Å². The molecule has 2 aromatic heterocycles. The van der Waals surface area contributed by atoms with Gasteiger partial charge in [-0.15, -0.1) is 0 Å². The Morgan fingerprint density at radius 2 is 1.50 bits per heavy atom. The number of hydrogen-bond acceptors (Lipinski definition) is 5. The molecule has 2 fully saturated rings. The van der Waals surface area contributed by atoms with Crippen LogP contribution in [0.3, 0.4) is 0 Å². The normalized spacial score (nSPS) is 21.3. The van der Waals surface area contributed by atoms with Gasteiger partial charge in [0.15, 0.2) is 11.6 Å². The summed E-state index contributed by atoms with van der Waals surface area (Å²) in [7, 11) is 1.45. The molecule has 0 aliphatic heterocycles. The first kappa shape index (κ1) is 27.7. The molecule has 2 aliphatic rings. The Morgan fingerprint density at radius 3 is 2.08 bits per heavy atom. The van der Waals surface area contributed by atoms with Crippen molar-refractivity contribution in [1.29, 1.82) is 0 Å². The van der Waals surface area contributed by atoms with Gasteiger partial charge in [-0.1, -0.05) is 24.3 Å². The van der Waals surface area contributed by atoms with E-state index in [9.17, 15) is 17.6 Å². The van der Waals surface area contributed by atoms with Crippen molar-refractivity contribution >= 4 is 0 Å². The van der Waals surface area contributed by atoms with Gasteiger partial charge < -0.3 is 16.2 Å². The molecule has 6 rings (SSSR count). The fourth-order valence-corrected chi connectivity index (χ4v) is 4.75. The van der Waals surface area contributed by atoms with Crippen molar-refractivity contribution in [3.8, 4) is 28.3 Å². The van der Waals surface area contributed by atoms with Crippen molar-refractivity contribution in [1.82, 2.24) is 9.97 Å². The summed E-state index contributed by atoms with van der Waals surface area (Å²) in [6.45, 7) is 1.86. The molecule has 4 N–H and O–H groups in total. The number of nitrogens with zero attached hydrogens (tertiary/aromatic N) is 2. The van der Waals surface area contributed by atoms with Gasteiger partial charge in [0.2, 0.25) is 0 Å². The minimum atomic E-state index is -4.34. The molecule has 2 aliphatic carbocycles. The number of ether oxygens (including phenoxy) is 1. The molecule has 9 heteroatoms. The molecule has 0 amide bonds. The number of rotatable bonds is 5. The topological polar surface area (TPSA) is 87.0 Å². The highest BCUT2D eigenvalue weighted by molar-refractivity contribution is 5.64. The van der Waals surface area contributed by atoms with E-state index in [-0.39, 0.29) is 23.7 Å². The first-order valence-corrected chi connectivity index (χ1v) is 13.0. The van der Waals surface area contributed by atoms with Crippen LogP contribution in [-0.4, -0.2) is 29.2 Å². The van der Waals surface area contributed by atoms with Crippen LogP contribution in [-0.2, 0) is 6.18 Å². The van der Waals surface area contributed by atoms with Crippen LogP contribution in [0.15, 0.2) is 73.1 Å². The Morgan fingerprint density at radius 1 is 0.825 bits per heavy atom. The van der Waals surface area contributed by atoms with Gasteiger partial charge in [-0.25, -0.2) is 4.39 Å². The van der Waals surface area contributed by atoms with Crippen molar-refractivity contribution in [2.45, 2.75) is 49.9 Å². The summed E-state index contributed by atoms with van der Waals surface area (Å²) in [6.07, 6.45) is 1.21. The van der Waals surface area contributed by atoms with Gasteiger partial charge in [0.05, 0.1) is 24.1 Å². The van der Waals surface area contributed by atoms with Crippen molar-refractivity contribution in [3.63, 3.8) is 0 Å². The van der Waals surface area contributed by atoms with Crippen LogP contribution in [0.2, 0.25) is 0 Å². The zero-order chi connectivity index (χ0) is 28.6. The van der Waals surface area contributed by atoms with Crippen LogP contribution in [0.25, 0.3) is 22.5 Å². The van der Waals surface area contributed by atoms with Crippen molar-refractivity contribution in [2.75, 3.05) is 7.11 Å². The number of nitrogens with two attached hydrogens (primary N) is 2. The van der Waals surface area contributed by atoms with E-state index in [2.05, 4.69) is 9.97 Å². The van der Waals surface area contributed by atoms with Gasteiger partial charge >= 0.3 is 6.18 Å². The van der Waals surface area contributed by atoms with Crippen molar-refractivity contribution in [3.05, 3.63) is 101 Å². The largest absolute Gasteiger partial charge is 0.494 e. The summed E-state index contributed by atoms with van der Waals surface area (Å²) in [5, 5.41) is 0. The van der Waals surface area contributed by atoms with Crippen LogP contribution < -0.4 is 16.2 Å². The van der Waals surface area contributed by atoms with Gasteiger partial charge in [0.1, 0.15) is 0 Å². The molecule has 2 saturated carbocycles. The number of benzene rings is 2. The maximum atomic E-state index is 13.3. The molecule has 5 nitrogen and oxygen atoms in total. The summed E-state index contributed by atoms with van der Waals surface area (Å²) in [5.41, 5.74) is 16.8. The average molecular weight is 551 g/mol. The Bertz CT molecular complexity index is 1510. The predicted molar refractivity (Wildman–Crippen MR) is 146 cm³/mol. The number of aromatic nitrogens is 2. The SMILES string of the molecule is COc1cc(-c2ccc([C@@H]3C[C@H]3N)cn2)ccc1F.Cc1cc([C@@H]2C[C@H]2N)cnc1-c1cccc(C(F)(F)F)c1.